The molecule has 4 heteroatoms. The summed E-state index contributed by atoms with van der Waals surface area (Å²) in [7, 11) is 1.50. The number of rotatable bonds is 2. The van der Waals surface area contributed by atoms with Crippen LogP contribution in [0.5, 0.6) is 0 Å². The molecule has 1 aromatic rings. The van der Waals surface area contributed by atoms with Crippen LogP contribution in [0.25, 0.3) is 6.08 Å². The molecule has 0 N–H and O–H groups in total. The molecule has 0 heterocycles. The van der Waals surface area contributed by atoms with Crippen molar-refractivity contribution in [2.75, 3.05) is 0 Å². The zero-order valence-corrected chi connectivity index (χ0v) is 9.56. The van der Waals surface area contributed by atoms with Gasteiger partial charge in [-0.1, -0.05) is 23.8 Å². The SMILES string of the molecule is Cc1ccc(C)c(/C=C/S(=O)(=O)Cl)c1. The summed E-state index contributed by atoms with van der Waals surface area (Å²) in [5.41, 5.74) is 2.98. The van der Waals surface area contributed by atoms with Crippen molar-refractivity contribution in [3.05, 3.63) is 40.3 Å². The average Bonchev–Trinajstić information content (AvgIpc) is 2.05. The van der Waals surface area contributed by atoms with Crippen molar-refractivity contribution in [2.45, 2.75) is 13.8 Å². The molecule has 0 unspecified atom stereocenters. The highest BCUT2D eigenvalue weighted by molar-refractivity contribution is 8.16. The zero-order valence-electron chi connectivity index (χ0n) is 7.99. The Bertz CT molecular complexity index is 461. The second-order valence-electron chi connectivity index (χ2n) is 3.14. The Morgan fingerprint density at radius 2 is 1.93 bits per heavy atom. The van der Waals surface area contributed by atoms with Crippen LogP contribution in [0, 0.1) is 13.8 Å². The fourth-order valence-corrected chi connectivity index (χ4v) is 1.56. The van der Waals surface area contributed by atoms with Gasteiger partial charge in [-0.2, -0.15) is 0 Å². The first-order valence-electron chi connectivity index (χ1n) is 4.08. The molecule has 0 saturated heterocycles. The van der Waals surface area contributed by atoms with Crippen LogP contribution in [0.3, 0.4) is 0 Å². The van der Waals surface area contributed by atoms with Crippen LogP contribution in [0.1, 0.15) is 16.7 Å². The maximum absolute atomic E-state index is 10.7. The second kappa shape index (κ2) is 4.15. The topological polar surface area (TPSA) is 34.1 Å². The number of aryl methyl sites for hydroxylation is 2. The van der Waals surface area contributed by atoms with Gasteiger partial charge >= 0.3 is 0 Å². The molecule has 0 saturated carbocycles. The lowest BCUT2D eigenvalue weighted by molar-refractivity contribution is 0.617. The molecular formula is C10H11ClO2S. The van der Waals surface area contributed by atoms with Gasteiger partial charge in [0.15, 0.2) is 0 Å². The average molecular weight is 231 g/mol. The first kappa shape index (κ1) is 11.3. The Morgan fingerprint density at radius 3 is 2.50 bits per heavy atom. The summed E-state index contributed by atoms with van der Waals surface area (Å²) >= 11 is 0. The predicted molar refractivity (Wildman–Crippen MR) is 59.7 cm³/mol. The largest absolute Gasteiger partial charge is 0.254 e. The molecule has 1 aromatic carbocycles. The van der Waals surface area contributed by atoms with E-state index in [0.29, 0.717) is 0 Å². The van der Waals surface area contributed by atoms with Crippen LogP contribution in [0.15, 0.2) is 23.6 Å². The number of benzene rings is 1. The van der Waals surface area contributed by atoms with Crippen molar-refractivity contribution in [3.63, 3.8) is 0 Å². The van der Waals surface area contributed by atoms with Crippen LogP contribution < -0.4 is 0 Å². The van der Waals surface area contributed by atoms with Gasteiger partial charge in [-0.25, -0.2) is 8.42 Å². The maximum Gasteiger partial charge on any atom is 0.254 e. The molecule has 2 nitrogen and oxygen atoms in total. The highest BCUT2D eigenvalue weighted by Crippen LogP contribution is 2.13. The lowest BCUT2D eigenvalue weighted by Gasteiger charge is -2.00. The van der Waals surface area contributed by atoms with Gasteiger partial charge in [-0.15, -0.1) is 0 Å². The molecule has 0 aromatic heterocycles. The Balaban J connectivity index is 3.09. The summed E-state index contributed by atoms with van der Waals surface area (Å²) in [6, 6.07) is 5.83. The minimum absolute atomic E-state index is 0.870. The van der Waals surface area contributed by atoms with Gasteiger partial charge in [-0.3, -0.25) is 0 Å². The first-order chi connectivity index (χ1) is 6.38. The van der Waals surface area contributed by atoms with Crippen LogP contribution in [-0.2, 0) is 9.05 Å². The highest BCUT2D eigenvalue weighted by Gasteiger charge is 1.99. The molecule has 0 radical (unpaired) electrons. The van der Waals surface area contributed by atoms with Crippen molar-refractivity contribution < 1.29 is 8.42 Å². The van der Waals surface area contributed by atoms with Gasteiger partial charge in [0, 0.05) is 16.1 Å². The van der Waals surface area contributed by atoms with Crippen LogP contribution in [0.2, 0.25) is 0 Å². The van der Waals surface area contributed by atoms with Crippen molar-refractivity contribution in [1.29, 1.82) is 0 Å². The van der Waals surface area contributed by atoms with E-state index in [-0.39, 0.29) is 0 Å². The van der Waals surface area contributed by atoms with Gasteiger partial charge in [0.05, 0.1) is 0 Å². The smallest absolute Gasteiger partial charge is 0.208 e. The normalized spacial score (nSPS) is 12.2. The Morgan fingerprint density at radius 1 is 1.29 bits per heavy atom. The third-order valence-corrected chi connectivity index (χ3v) is 2.61. The molecule has 0 aliphatic carbocycles. The molecule has 0 aliphatic rings. The summed E-state index contributed by atoms with van der Waals surface area (Å²) in [5.74, 6) is 0. The molecule has 76 valence electrons. The third kappa shape index (κ3) is 3.52. The standard InChI is InChI=1S/C10H11ClO2S/c1-8-3-4-9(2)10(7-8)5-6-14(11,12)13/h3-7H,1-2H3/b6-5+. The summed E-state index contributed by atoms with van der Waals surface area (Å²) in [6.45, 7) is 3.87. The van der Waals surface area contributed by atoms with Crippen LogP contribution in [-0.4, -0.2) is 8.42 Å². The van der Waals surface area contributed by atoms with Gasteiger partial charge in [0.2, 0.25) is 0 Å². The lowest BCUT2D eigenvalue weighted by atomic mass is 10.1. The van der Waals surface area contributed by atoms with Gasteiger partial charge < -0.3 is 0 Å². The Labute approximate surface area is 88.6 Å². The number of hydrogen-bond acceptors (Lipinski definition) is 2. The van der Waals surface area contributed by atoms with E-state index in [1.807, 2.05) is 32.0 Å². The zero-order chi connectivity index (χ0) is 10.8. The van der Waals surface area contributed by atoms with E-state index in [9.17, 15) is 8.42 Å². The molecule has 0 spiro atoms. The van der Waals surface area contributed by atoms with E-state index in [1.165, 1.54) is 6.08 Å². The van der Waals surface area contributed by atoms with E-state index >= 15 is 0 Å². The molecule has 0 amide bonds. The van der Waals surface area contributed by atoms with E-state index in [4.69, 9.17) is 10.7 Å². The van der Waals surface area contributed by atoms with E-state index in [0.717, 1.165) is 22.1 Å². The van der Waals surface area contributed by atoms with Crippen LogP contribution >= 0.6 is 10.7 Å². The lowest BCUT2D eigenvalue weighted by Crippen LogP contribution is -1.84. The van der Waals surface area contributed by atoms with Gasteiger partial charge in [0.1, 0.15) is 0 Å². The van der Waals surface area contributed by atoms with Crippen molar-refractivity contribution in [1.82, 2.24) is 0 Å². The molecular weight excluding hydrogens is 220 g/mol. The quantitative estimate of drug-likeness (QED) is 0.733. The first-order valence-corrected chi connectivity index (χ1v) is 6.46. The monoisotopic (exact) mass is 230 g/mol. The third-order valence-electron chi connectivity index (χ3n) is 1.84. The van der Waals surface area contributed by atoms with Crippen molar-refractivity contribution >= 4 is 25.8 Å². The van der Waals surface area contributed by atoms with Gasteiger partial charge in [0.25, 0.3) is 9.05 Å². The fraction of sp³-hybridized carbons (Fsp3) is 0.200. The minimum atomic E-state index is -3.56. The van der Waals surface area contributed by atoms with E-state index in [1.54, 1.807) is 0 Å². The molecule has 0 fully saturated rings. The van der Waals surface area contributed by atoms with E-state index in [2.05, 4.69) is 0 Å². The fourth-order valence-electron chi connectivity index (χ4n) is 1.09. The maximum atomic E-state index is 10.7. The van der Waals surface area contributed by atoms with Crippen LogP contribution in [0.4, 0.5) is 0 Å². The summed E-state index contributed by atoms with van der Waals surface area (Å²) in [4.78, 5) is 0. The Kier molecular flexibility index (Phi) is 3.34. The minimum Gasteiger partial charge on any atom is -0.208 e. The van der Waals surface area contributed by atoms with Gasteiger partial charge in [-0.05, 0) is 31.1 Å². The molecule has 0 atom stereocenters. The predicted octanol–water partition coefficient (Wildman–Crippen LogP) is 2.84. The Hall–Kier alpha value is -0.800. The summed E-state index contributed by atoms with van der Waals surface area (Å²) < 4.78 is 21.4. The van der Waals surface area contributed by atoms with Crippen molar-refractivity contribution in [3.8, 4) is 0 Å². The van der Waals surface area contributed by atoms with Crippen molar-refractivity contribution in [2.24, 2.45) is 0 Å². The number of halogens is 1. The summed E-state index contributed by atoms with van der Waals surface area (Å²) in [5, 5.41) is 0.996. The second-order valence-corrected chi connectivity index (χ2v) is 5.65. The number of hydrogen-bond donors (Lipinski definition) is 0. The molecule has 0 aliphatic heterocycles. The molecule has 14 heavy (non-hydrogen) atoms. The molecule has 1 rings (SSSR count). The van der Waals surface area contributed by atoms with E-state index < -0.39 is 9.05 Å². The summed E-state index contributed by atoms with van der Waals surface area (Å²) in [6.07, 6.45) is 1.50. The molecule has 0 bridgehead atoms. The highest BCUT2D eigenvalue weighted by atomic mass is 35.7.